The molecule has 2 aromatic heterocycles. The minimum Gasteiger partial charge on any atom is -0.465 e. The molecule has 0 aliphatic heterocycles. The van der Waals surface area contributed by atoms with Gasteiger partial charge in [0.15, 0.2) is 5.11 Å². The predicted molar refractivity (Wildman–Crippen MR) is 117 cm³/mol. The van der Waals surface area contributed by atoms with Crippen LogP contribution in [0, 0.1) is 6.92 Å². The van der Waals surface area contributed by atoms with Crippen LogP contribution in [0.2, 0.25) is 0 Å². The number of halogens is 3. The van der Waals surface area contributed by atoms with Crippen LogP contribution in [-0.4, -0.2) is 18.2 Å². The molecule has 31 heavy (non-hydrogen) atoms. The Morgan fingerprint density at radius 3 is 2.58 bits per heavy atom. The minimum absolute atomic E-state index is 0.0997. The van der Waals surface area contributed by atoms with E-state index in [0.717, 1.165) is 10.4 Å². The van der Waals surface area contributed by atoms with E-state index in [0.29, 0.717) is 28.7 Å². The number of nitrogens with one attached hydrogen (secondary N) is 2. The first-order chi connectivity index (χ1) is 14.5. The van der Waals surface area contributed by atoms with Crippen molar-refractivity contribution in [2.45, 2.75) is 26.4 Å². The number of aryl methyl sites for hydroxylation is 1. The van der Waals surface area contributed by atoms with E-state index in [-0.39, 0.29) is 16.1 Å². The number of fused-ring (bicyclic) bond motifs is 1. The highest BCUT2D eigenvalue weighted by Crippen LogP contribution is 2.35. The second-order valence-electron chi connectivity index (χ2n) is 6.45. The highest BCUT2D eigenvalue weighted by Gasteiger charge is 2.33. The Bertz CT molecular complexity index is 1230. The quantitative estimate of drug-likeness (QED) is 0.303. The standard InChI is InChI=1S/C20H17F3N2O4S2/c1-4-11-9(2)31-17(16(11)18(27)28-3)25-19(30)24-10-5-6-12-13(20(21,22)23)8-15(26)29-14(12)7-10/h5-8H,4H2,1-3H3,(H2,24,25,30). The fourth-order valence-corrected chi connectivity index (χ4v) is 4.57. The lowest BCUT2D eigenvalue weighted by atomic mass is 10.1. The Balaban J connectivity index is 1.90. The lowest BCUT2D eigenvalue weighted by Gasteiger charge is -2.13. The van der Waals surface area contributed by atoms with E-state index < -0.39 is 23.3 Å². The molecule has 0 fully saturated rings. The maximum absolute atomic E-state index is 13.2. The molecule has 3 rings (SSSR count). The number of methoxy groups -OCH3 is 1. The monoisotopic (exact) mass is 470 g/mol. The summed E-state index contributed by atoms with van der Waals surface area (Å²) < 4.78 is 49.3. The van der Waals surface area contributed by atoms with Crippen molar-refractivity contribution >= 4 is 56.3 Å². The fourth-order valence-electron chi connectivity index (χ4n) is 3.15. The molecule has 1 aromatic carbocycles. The zero-order valence-corrected chi connectivity index (χ0v) is 18.2. The molecule has 0 spiro atoms. The number of hydrogen-bond acceptors (Lipinski definition) is 6. The second kappa shape index (κ2) is 8.67. The summed E-state index contributed by atoms with van der Waals surface area (Å²) in [4.78, 5) is 24.7. The van der Waals surface area contributed by atoms with Gasteiger partial charge in [-0.05, 0) is 43.3 Å². The molecule has 3 aromatic rings. The summed E-state index contributed by atoms with van der Waals surface area (Å²) in [6, 6.07) is 4.24. The van der Waals surface area contributed by atoms with Gasteiger partial charge in [-0.2, -0.15) is 13.2 Å². The molecule has 11 heteroatoms. The Labute approximate surface area is 184 Å². The van der Waals surface area contributed by atoms with Crippen molar-refractivity contribution in [3.05, 3.63) is 56.3 Å². The zero-order chi connectivity index (χ0) is 22.9. The van der Waals surface area contributed by atoms with E-state index in [2.05, 4.69) is 10.6 Å². The topological polar surface area (TPSA) is 80.6 Å². The molecule has 0 aliphatic carbocycles. The number of hydrogen-bond donors (Lipinski definition) is 2. The molecule has 0 radical (unpaired) electrons. The molecule has 2 N–H and O–H groups in total. The molecule has 0 saturated carbocycles. The number of benzene rings is 1. The van der Waals surface area contributed by atoms with E-state index >= 15 is 0 Å². The second-order valence-corrected chi connectivity index (χ2v) is 8.09. The summed E-state index contributed by atoms with van der Waals surface area (Å²) >= 11 is 6.62. The van der Waals surface area contributed by atoms with Gasteiger partial charge in [0.25, 0.3) is 0 Å². The average Bonchev–Trinajstić information content (AvgIpc) is 3.00. The van der Waals surface area contributed by atoms with Crippen molar-refractivity contribution in [1.82, 2.24) is 0 Å². The number of anilines is 2. The van der Waals surface area contributed by atoms with Gasteiger partial charge in [0.05, 0.1) is 18.2 Å². The molecule has 0 bridgehead atoms. The number of rotatable bonds is 4. The van der Waals surface area contributed by atoms with Gasteiger partial charge in [-0.1, -0.05) is 6.92 Å². The first-order valence-electron chi connectivity index (χ1n) is 8.98. The van der Waals surface area contributed by atoms with Crippen molar-refractivity contribution in [2.75, 3.05) is 17.7 Å². The summed E-state index contributed by atoms with van der Waals surface area (Å²) in [5.41, 5.74) is -0.888. The van der Waals surface area contributed by atoms with Crippen LogP contribution in [-0.2, 0) is 17.3 Å². The van der Waals surface area contributed by atoms with Gasteiger partial charge in [-0.25, -0.2) is 9.59 Å². The van der Waals surface area contributed by atoms with Crippen molar-refractivity contribution in [3.63, 3.8) is 0 Å². The summed E-state index contributed by atoms with van der Waals surface area (Å²) in [5, 5.41) is 6.10. The first kappa shape index (κ1) is 22.8. The van der Waals surface area contributed by atoms with Gasteiger partial charge >= 0.3 is 17.8 Å². The van der Waals surface area contributed by atoms with Gasteiger partial charge in [-0.15, -0.1) is 11.3 Å². The van der Waals surface area contributed by atoms with Crippen LogP contribution in [0.1, 0.15) is 33.3 Å². The lowest BCUT2D eigenvalue weighted by molar-refractivity contribution is -0.136. The van der Waals surface area contributed by atoms with Gasteiger partial charge in [-0.3, -0.25) is 0 Å². The Morgan fingerprint density at radius 2 is 1.97 bits per heavy atom. The minimum atomic E-state index is -4.70. The van der Waals surface area contributed by atoms with Crippen molar-refractivity contribution < 1.29 is 27.1 Å². The highest BCUT2D eigenvalue weighted by atomic mass is 32.1. The SMILES string of the molecule is CCc1c(C)sc(NC(=S)Nc2ccc3c(C(F)(F)F)cc(=O)oc3c2)c1C(=O)OC. The Hall–Kier alpha value is -2.92. The number of carbonyl (C=O) groups excluding carboxylic acids is 1. The van der Waals surface area contributed by atoms with Crippen LogP contribution >= 0.6 is 23.6 Å². The van der Waals surface area contributed by atoms with Gasteiger partial charge < -0.3 is 19.8 Å². The normalized spacial score (nSPS) is 11.4. The molecule has 0 unspecified atom stereocenters. The number of thiophene rings is 1. The van der Waals surface area contributed by atoms with Crippen molar-refractivity contribution in [3.8, 4) is 0 Å². The summed E-state index contributed by atoms with van der Waals surface area (Å²) in [7, 11) is 1.28. The summed E-state index contributed by atoms with van der Waals surface area (Å²) in [6.07, 6.45) is -4.07. The largest absolute Gasteiger partial charge is 0.465 e. The summed E-state index contributed by atoms with van der Waals surface area (Å²) in [5.74, 6) is -0.501. The van der Waals surface area contributed by atoms with Crippen LogP contribution in [0.25, 0.3) is 11.0 Å². The van der Waals surface area contributed by atoms with Crippen LogP contribution in [0.4, 0.5) is 23.9 Å². The molecular weight excluding hydrogens is 453 g/mol. The Kier molecular flexibility index (Phi) is 6.37. The van der Waals surface area contributed by atoms with E-state index in [9.17, 15) is 22.8 Å². The molecule has 6 nitrogen and oxygen atoms in total. The Morgan fingerprint density at radius 1 is 1.26 bits per heavy atom. The third-order valence-electron chi connectivity index (χ3n) is 4.49. The highest BCUT2D eigenvalue weighted by molar-refractivity contribution is 7.80. The number of alkyl halides is 3. The molecule has 0 aliphatic rings. The smallest absolute Gasteiger partial charge is 0.417 e. The number of ether oxygens (including phenoxy) is 1. The van der Waals surface area contributed by atoms with Crippen molar-refractivity contribution in [2.24, 2.45) is 0 Å². The predicted octanol–water partition coefficient (Wildman–Crippen LogP) is 5.34. The third-order valence-corrected chi connectivity index (χ3v) is 5.75. The van der Waals surface area contributed by atoms with Crippen LogP contribution < -0.4 is 16.3 Å². The molecule has 0 amide bonds. The van der Waals surface area contributed by atoms with Gasteiger partial charge in [0.2, 0.25) is 0 Å². The van der Waals surface area contributed by atoms with Crippen molar-refractivity contribution in [1.29, 1.82) is 0 Å². The molecule has 164 valence electrons. The summed E-state index contributed by atoms with van der Waals surface area (Å²) in [6.45, 7) is 3.79. The van der Waals surface area contributed by atoms with E-state index in [1.165, 1.54) is 36.6 Å². The maximum Gasteiger partial charge on any atom is 0.417 e. The lowest BCUT2D eigenvalue weighted by Crippen LogP contribution is -2.20. The van der Waals surface area contributed by atoms with Crippen LogP contribution in [0.15, 0.2) is 33.5 Å². The van der Waals surface area contributed by atoms with E-state index in [1.807, 2.05) is 13.8 Å². The molecular formula is C20H17F3N2O4S2. The van der Waals surface area contributed by atoms with E-state index in [4.69, 9.17) is 21.4 Å². The number of esters is 1. The molecule has 0 atom stereocenters. The number of carbonyl (C=O) groups is 1. The maximum atomic E-state index is 13.2. The third kappa shape index (κ3) is 4.72. The molecule has 2 heterocycles. The first-order valence-corrected chi connectivity index (χ1v) is 10.2. The van der Waals surface area contributed by atoms with E-state index in [1.54, 1.807) is 0 Å². The zero-order valence-electron chi connectivity index (χ0n) is 16.6. The fraction of sp³-hybridized carbons (Fsp3) is 0.250. The number of thiocarbonyl (C=S) groups is 1. The average molecular weight is 470 g/mol. The van der Waals surface area contributed by atoms with Gasteiger partial charge in [0, 0.05) is 28.1 Å². The van der Waals surface area contributed by atoms with Crippen LogP contribution in [0.3, 0.4) is 0 Å². The molecule has 0 saturated heterocycles. The van der Waals surface area contributed by atoms with Gasteiger partial charge in [0.1, 0.15) is 10.6 Å². The van der Waals surface area contributed by atoms with Crippen LogP contribution in [0.5, 0.6) is 0 Å².